The molecule has 2 atom stereocenters. The first-order valence-corrected chi connectivity index (χ1v) is 5.73. The van der Waals surface area contributed by atoms with Gasteiger partial charge in [-0.05, 0) is 12.1 Å². The lowest BCUT2D eigenvalue weighted by molar-refractivity contribution is -0.140. The van der Waals surface area contributed by atoms with Crippen molar-refractivity contribution in [2.45, 2.75) is 24.2 Å². The third-order valence-electron chi connectivity index (χ3n) is 3.37. The van der Waals surface area contributed by atoms with Crippen LogP contribution in [0.25, 0.3) is 0 Å². The zero-order valence-corrected chi connectivity index (χ0v) is 10.6. The highest BCUT2D eigenvalue weighted by Crippen LogP contribution is 2.53. The molecule has 0 unspecified atom stereocenters. The molecular formula is C13H8F5NO2. The molecule has 1 aromatic rings. The van der Waals surface area contributed by atoms with Crippen LogP contribution in [0.4, 0.5) is 22.0 Å². The Morgan fingerprint density at radius 3 is 2.43 bits per heavy atom. The van der Waals surface area contributed by atoms with Crippen molar-refractivity contribution >= 4 is 5.97 Å². The third kappa shape index (κ3) is 2.22. The van der Waals surface area contributed by atoms with Gasteiger partial charge in [0, 0.05) is 12.0 Å². The Morgan fingerprint density at radius 2 is 2.05 bits per heavy atom. The molecule has 0 radical (unpaired) electrons. The van der Waals surface area contributed by atoms with Crippen molar-refractivity contribution in [1.82, 2.24) is 0 Å². The molecular weight excluding hydrogens is 297 g/mol. The number of methoxy groups -OCH3 is 1. The van der Waals surface area contributed by atoms with E-state index in [1.54, 1.807) is 0 Å². The molecule has 1 fully saturated rings. The van der Waals surface area contributed by atoms with Crippen molar-refractivity contribution in [2.24, 2.45) is 0 Å². The van der Waals surface area contributed by atoms with Gasteiger partial charge < -0.3 is 4.74 Å². The van der Waals surface area contributed by atoms with Gasteiger partial charge in [-0.15, -0.1) is 0 Å². The lowest BCUT2D eigenvalue weighted by Gasteiger charge is -2.17. The van der Waals surface area contributed by atoms with Crippen LogP contribution in [-0.4, -0.2) is 19.3 Å². The molecule has 0 saturated heterocycles. The van der Waals surface area contributed by atoms with E-state index in [0.717, 1.165) is 7.11 Å². The molecule has 0 aromatic heterocycles. The van der Waals surface area contributed by atoms with Crippen LogP contribution in [0, 0.1) is 17.1 Å². The van der Waals surface area contributed by atoms with Crippen molar-refractivity contribution < 1.29 is 31.5 Å². The van der Waals surface area contributed by atoms with E-state index in [1.807, 2.05) is 0 Å². The monoisotopic (exact) mass is 305 g/mol. The standard InChI is InChI=1S/C13H8F5NO2/c1-21-11(20)6-2-3-7(13(16,17)18)10(15)9(6)12(5-19)4-8(12)14/h2-3,8H,4H2,1H3/t8-,12-/m1/s1. The molecule has 3 nitrogen and oxygen atoms in total. The van der Waals surface area contributed by atoms with Crippen LogP contribution >= 0.6 is 0 Å². The number of carbonyl (C=O) groups is 1. The van der Waals surface area contributed by atoms with Crippen LogP contribution in [0.3, 0.4) is 0 Å². The van der Waals surface area contributed by atoms with E-state index in [0.29, 0.717) is 12.1 Å². The molecule has 0 N–H and O–H groups in total. The average molecular weight is 305 g/mol. The van der Waals surface area contributed by atoms with E-state index < -0.39 is 52.7 Å². The van der Waals surface area contributed by atoms with Crippen molar-refractivity contribution in [3.8, 4) is 6.07 Å². The number of halogens is 5. The van der Waals surface area contributed by atoms with Gasteiger partial charge >= 0.3 is 12.1 Å². The van der Waals surface area contributed by atoms with Gasteiger partial charge in [-0.1, -0.05) is 0 Å². The highest BCUT2D eigenvalue weighted by atomic mass is 19.4. The molecule has 112 valence electrons. The molecule has 8 heteroatoms. The SMILES string of the molecule is COC(=O)c1ccc(C(F)(F)F)c(F)c1[C@@]1(C#N)C[C@H]1F. The molecule has 21 heavy (non-hydrogen) atoms. The van der Waals surface area contributed by atoms with E-state index in [9.17, 15) is 26.7 Å². The summed E-state index contributed by atoms with van der Waals surface area (Å²) in [5.41, 5.74) is -5.20. The Hall–Kier alpha value is -2.17. The number of hydrogen-bond donors (Lipinski definition) is 0. The van der Waals surface area contributed by atoms with Crippen LogP contribution < -0.4 is 0 Å². The maximum atomic E-state index is 14.2. The minimum atomic E-state index is -5.02. The van der Waals surface area contributed by atoms with E-state index in [1.165, 1.54) is 6.07 Å². The maximum Gasteiger partial charge on any atom is 0.419 e. The minimum absolute atomic E-state index is 0.367. The number of rotatable bonds is 2. The van der Waals surface area contributed by atoms with Gasteiger partial charge in [-0.2, -0.15) is 18.4 Å². The quantitative estimate of drug-likeness (QED) is 0.623. The fraction of sp³-hybridized carbons (Fsp3) is 0.385. The van der Waals surface area contributed by atoms with E-state index >= 15 is 0 Å². The summed E-state index contributed by atoms with van der Waals surface area (Å²) in [5.74, 6) is -2.95. The summed E-state index contributed by atoms with van der Waals surface area (Å²) in [7, 11) is 0.945. The molecule has 1 saturated carbocycles. The molecule has 0 heterocycles. The van der Waals surface area contributed by atoms with Gasteiger partial charge in [0.25, 0.3) is 0 Å². The first-order valence-electron chi connectivity index (χ1n) is 5.73. The predicted octanol–water partition coefficient (Wildman–Crippen LogP) is 3.13. The van der Waals surface area contributed by atoms with Crippen LogP contribution in [0.2, 0.25) is 0 Å². The van der Waals surface area contributed by atoms with Crippen molar-refractivity contribution in [1.29, 1.82) is 5.26 Å². The van der Waals surface area contributed by atoms with Gasteiger partial charge in [-0.25, -0.2) is 13.6 Å². The Balaban J connectivity index is 2.75. The van der Waals surface area contributed by atoms with Crippen LogP contribution in [-0.2, 0) is 16.3 Å². The number of nitriles is 1. The van der Waals surface area contributed by atoms with E-state index in [4.69, 9.17) is 5.26 Å². The summed E-state index contributed by atoms with van der Waals surface area (Å²) in [6.07, 6.45) is -7.32. The highest BCUT2D eigenvalue weighted by molar-refractivity contribution is 5.92. The number of hydrogen-bond acceptors (Lipinski definition) is 3. The van der Waals surface area contributed by atoms with E-state index in [-0.39, 0.29) is 0 Å². The average Bonchev–Trinajstić information content (AvgIpc) is 3.07. The zero-order valence-electron chi connectivity index (χ0n) is 10.6. The minimum Gasteiger partial charge on any atom is -0.465 e. The number of benzene rings is 1. The first-order chi connectivity index (χ1) is 9.69. The van der Waals surface area contributed by atoms with E-state index in [2.05, 4.69) is 4.74 Å². The fourth-order valence-electron chi connectivity index (χ4n) is 2.17. The maximum absolute atomic E-state index is 14.2. The van der Waals surface area contributed by atoms with Gasteiger partial charge in [0.05, 0.1) is 24.3 Å². The molecule has 0 aliphatic heterocycles. The smallest absolute Gasteiger partial charge is 0.419 e. The number of nitrogens with zero attached hydrogens (tertiary/aromatic N) is 1. The van der Waals surface area contributed by atoms with Crippen molar-refractivity contribution in [3.05, 3.63) is 34.6 Å². The van der Waals surface area contributed by atoms with Crippen LogP contribution in [0.1, 0.15) is 27.9 Å². The molecule has 1 aromatic carbocycles. The summed E-state index contributed by atoms with van der Waals surface area (Å²) in [4.78, 5) is 11.5. The number of alkyl halides is 4. The molecule has 0 spiro atoms. The molecule has 1 aliphatic carbocycles. The Morgan fingerprint density at radius 1 is 1.48 bits per heavy atom. The Kier molecular flexibility index (Phi) is 3.40. The van der Waals surface area contributed by atoms with Crippen molar-refractivity contribution in [3.63, 3.8) is 0 Å². The lowest BCUT2D eigenvalue weighted by Crippen LogP contribution is -2.21. The number of esters is 1. The highest BCUT2D eigenvalue weighted by Gasteiger charge is 2.61. The summed E-state index contributed by atoms with van der Waals surface area (Å²) in [5, 5.41) is 8.99. The van der Waals surface area contributed by atoms with Crippen LogP contribution in [0.5, 0.6) is 0 Å². The van der Waals surface area contributed by atoms with Gasteiger partial charge in [0.15, 0.2) is 0 Å². The Bertz CT molecular complexity index is 649. The summed E-state index contributed by atoms with van der Waals surface area (Å²) in [6, 6.07) is 2.53. The third-order valence-corrected chi connectivity index (χ3v) is 3.37. The normalized spacial score (nSPS) is 24.3. The van der Waals surface area contributed by atoms with Crippen LogP contribution in [0.15, 0.2) is 12.1 Å². The topological polar surface area (TPSA) is 50.1 Å². The fourth-order valence-corrected chi connectivity index (χ4v) is 2.17. The number of ether oxygens (including phenoxy) is 1. The first kappa shape index (κ1) is 15.2. The lowest BCUT2D eigenvalue weighted by atomic mass is 9.89. The molecule has 1 aliphatic rings. The summed E-state index contributed by atoms with van der Waals surface area (Å²) < 4.78 is 70.1. The van der Waals surface area contributed by atoms with Gasteiger partial charge in [0.1, 0.15) is 17.4 Å². The largest absolute Gasteiger partial charge is 0.465 e. The molecule has 0 bridgehead atoms. The second kappa shape index (κ2) is 4.69. The summed E-state index contributed by atoms with van der Waals surface area (Å²) in [6.45, 7) is 0. The van der Waals surface area contributed by atoms with Crippen molar-refractivity contribution in [2.75, 3.05) is 7.11 Å². The second-order valence-corrected chi connectivity index (χ2v) is 4.59. The molecule has 2 rings (SSSR count). The Labute approximate surface area is 115 Å². The van der Waals surface area contributed by atoms with Gasteiger partial charge in [-0.3, -0.25) is 0 Å². The van der Waals surface area contributed by atoms with Gasteiger partial charge in [0.2, 0.25) is 0 Å². The molecule has 0 amide bonds. The predicted molar refractivity (Wildman–Crippen MR) is 59.5 cm³/mol. The summed E-state index contributed by atoms with van der Waals surface area (Å²) >= 11 is 0. The number of carbonyl (C=O) groups excluding carboxylic acids is 1. The zero-order chi connectivity index (χ0) is 16.0. The second-order valence-electron chi connectivity index (χ2n) is 4.59.